The van der Waals surface area contributed by atoms with Gasteiger partial charge < -0.3 is 15.0 Å². The number of aromatic nitrogens is 4. The highest BCUT2D eigenvalue weighted by Gasteiger charge is 2.19. The average Bonchev–Trinajstić information content (AvgIpc) is 3.23. The van der Waals surface area contributed by atoms with E-state index in [0.29, 0.717) is 38.4 Å². The topological polar surface area (TPSA) is 79.0 Å². The molecule has 0 saturated carbocycles. The molecule has 10 heteroatoms. The van der Waals surface area contributed by atoms with E-state index >= 15 is 0 Å². The normalized spacial score (nSPS) is 15.1. The summed E-state index contributed by atoms with van der Waals surface area (Å²) in [5.41, 5.74) is 2.65. The molecule has 1 aliphatic heterocycles. The number of ether oxygens (including phenoxy) is 1. The molecule has 170 valence electrons. The van der Waals surface area contributed by atoms with Crippen LogP contribution < -0.4 is 15.0 Å². The number of H-pyrrole nitrogens is 1. The number of piperazine rings is 1. The first-order valence-electron chi connectivity index (χ1n) is 10.6. The minimum atomic E-state index is -0.404. The van der Waals surface area contributed by atoms with Crippen molar-refractivity contribution >= 4 is 39.9 Å². The maximum absolute atomic E-state index is 14.9. The quantitative estimate of drug-likeness (QED) is 0.412. The highest BCUT2D eigenvalue weighted by molar-refractivity contribution is 6.35. The van der Waals surface area contributed by atoms with Crippen LogP contribution in [-0.4, -0.2) is 46.3 Å². The van der Waals surface area contributed by atoms with Crippen LogP contribution in [0.15, 0.2) is 42.9 Å². The number of rotatable bonds is 5. The first-order valence-corrected chi connectivity index (χ1v) is 11.3. The van der Waals surface area contributed by atoms with E-state index in [1.54, 1.807) is 6.20 Å². The summed E-state index contributed by atoms with van der Waals surface area (Å²) >= 11 is 12.5. The zero-order chi connectivity index (χ0) is 22.9. The zero-order valence-corrected chi connectivity index (χ0v) is 19.3. The number of anilines is 1. The van der Waals surface area contributed by atoms with Crippen molar-refractivity contribution in [1.82, 2.24) is 25.5 Å². The van der Waals surface area contributed by atoms with Crippen molar-refractivity contribution < 1.29 is 9.13 Å². The molecule has 0 amide bonds. The lowest BCUT2D eigenvalue weighted by atomic mass is 10.1. The van der Waals surface area contributed by atoms with E-state index in [0.717, 1.165) is 37.1 Å². The molecule has 0 aliphatic carbocycles. The van der Waals surface area contributed by atoms with Crippen LogP contribution in [0.2, 0.25) is 10.0 Å². The van der Waals surface area contributed by atoms with Gasteiger partial charge in [0.25, 0.3) is 0 Å². The first-order chi connectivity index (χ1) is 16.0. The third kappa shape index (κ3) is 4.34. The molecule has 5 rings (SSSR count). The maximum atomic E-state index is 14.9. The van der Waals surface area contributed by atoms with E-state index in [4.69, 9.17) is 27.9 Å². The summed E-state index contributed by atoms with van der Waals surface area (Å²) in [5.74, 6) is 0.602. The molecule has 0 radical (unpaired) electrons. The van der Waals surface area contributed by atoms with Crippen LogP contribution in [0.5, 0.6) is 5.75 Å². The predicted molar refractivity (Wildman–Crippen MR) is 128 cm³/mol. The lowest BCUT2D eigenvalue weighted by Crippen LogP contribution is -2.44. The van der Waals surface area contributed by atoms with Crippen molar-refractivity contribution in [3.63, 3.8) is 0 Å². The molecule has 33 heavy (non-hydrogen) atoms. The number of nitrogens with one attached hydrogen (secondary N) is 2. The summed E-state index contributed by atoms with van der Waals surface area (Å²) < 4.78 is 21.0. The van der Waals surface area contributed by atoms with Gasteiger partial charge in [-0.25, -0.2) is 9.37 Å². The Bertz CT molecular complexity index is 1290. The Kier molecular flexibility index (Phi) is 6.05. The fourth-order valence-electron chi connectivity index (χ4n) is 4.03. The van der Waals surface area contributed by atoms with E-state index in [1.165, 1.54) is 18.5 Å². The summed E-state index contributed by atoms with van der Waals surface area (Å²) in [6, 6.07) is 7.03. The van der Waals surface area contributed by atoms with Crippen LogP contribution in [0.3, 0.4) is 0 Å². The lowest BCUT2D eigenvalue weighted by molar-refractivity contribution is 0.227. The first kappa shape index (κ1) is 21.9. The molecule has 0 bridgehead atoms. The predicted octanol–water partition coefficient (Wildman–Crippen LogP) is 5.02. The number of pyridine rings is 2. The van der Waals surface area contributed by atoms with Crippen LogP contribution in [0, 0.1) is 5.82 Å². The van der Waals surface area contributed by atoms with Crippen LogP contribution in [-0.2, 0) is 0 Å². The number of hydrogen-bond acceptors (Lipinski definition) is 6. The van der Waals surface area contributed by atoms with Gasteiger partial charge in [-0.15, -0.1) is 0 Å². The second-order valence-corrected chi connectivity index (χ2v) is 8.64. The number of fused-ring (bicyclic) bond motifs is 1. The highest BCUT2D eigenvalue weighted by Crippen LogP contribution is 2.35. The van der Waals surface area contributed by atoms with Gasteiger partial charge in [0, 0.05) is 61.3 Å². The fraction of sp³-hybridized carbons (Fsp3) is 0.261. The highest BCUT2D eigenvalue weighted by atomic mass is 35.5. The second kappa shape index (κ2) is 9.13. The van der Waals surface area contributed by atoms with Crippen LogP contribution in [0.4, 0.5) is 10.2 Å². The van der Waals surface area contributed by atoms with Gasteiger partial charge in [0.05, 0.1) is 15.6 Å². The van der Waals surface area contributed by atoms with Crippen molar-refractivity contribution in [3.05, 3.63) is 64.3 Å². The lowest BCUT2D eigenvalue weighted by Gasteiger charge is -2.28. The van der Waals surface area contributed by atoms with Gasteiger partial charge in [0.15, 0.2) is 11.6 Å². The summed E-state index contributed by atoms with van der Waals surface area (Å²) in [5, 5.41) is 12.3. The summed E-state index contributed by atoms with van der Waals surface area (Å²) in [6.45, 7) is 4.92. The van der Waals surface area contributed by atoms with Crippen molar-refractivity contribution in [2.24, 2.45) is 0 Å². The van der Waals surface area contributed by atoms with E-state index in [9.17, 15) is 4.39 Å². The fourth-order valence-corrected chi connectivity index (χ4v) is 4.70. The van der Waals surface area contributed by atoms with E-state index in [2.05, 4.69) is 25.5 Å². The van der Waals surface area contributed by atoms with Crippen molar-refractivity contribution in [2.45, 2.75) is 13.0 Å². The molecule has 0 spiro atoms. The SMILES string of the molecule is C[C@@H](Oc1ccc2[nH]nc(-c3cnc(N4CCNCC4)c(F)c3)c2c1)c1c(Cl)cncc1Cl. The smallest absolute Gasteiger partial charge is 0.166 e. The molecule has 1 aromatic carbocycles. The largest absolute Gasteiger partial charge is 0.486 e. The van der Waals surface area contributed by atoms with Crippen molar-refractivity contribution in [2.75, 3.05) is 31.1 Å². The van der Waals surface area contributed by atoms with Crippen LogP contribution >= 0.6 is 23.2 Å². The van der Waals surface area contributed by atoms with Gasteiger partial charge in [-0.2, -0.15) is 5.10 Å². The summed E-state index contributed by atoms with van der Waals surface area (Å²) in [4.78, 5) is 10.3. The zero-order valence-electron chi connectivity index (χ0n) is 17.8. The Morgan fingerprint density at radius 2 is 1.85 bits per heavy atom. The molecule has 4 aromatic rings. The summed E-state index contributed by atoms with van der Waals surface area (Å²) in [7, 11) is 0. The van der Waals surface area contributed by atoms with Gasteiger partial charge in [-0.05, 0) is 31.2 Å². The molecule has 2 N–H and O–H groups in total. The van der Waals surface area contributed by atoms with Gasteiger partial charge in [0.2, 0.25) is 0 Å². The van der Waals surface area contributed by atoms with Crippen molar-refractivity contribution in [3.8, 4) is 17.0 Å². The minimum Gasteiger partial charge on any atom is -0.486 e. The van der Waals surface area contributed by atoms with Gasteiger partial charge >= 0.3 is 0 Å². The van der Waals surface area contributed by atoms with E-state index in [-0.39, 0.29) is 5.82 Å². The molecular formula is C23H21Cl2FN6O. The molecule has 0 unspecified atom stereocenters. The van der Waals surface area contributed by atoms with Crippen molar-refractivity contribution in [1.29, 1.82) is 0 Å². The average molecular weight is 487 g/mol. The Morgan fingerprint density at radius 3 is 2.58 bits per heavy atom. The Labute approximate surface area is 199 Å². The Hall–Kier alpha value is -2.94. The Balaban J connectivity index is 1.44. The molecule has 1 fully saturated rings. The van der Waals surface area contributed by atoms with Gasteiger partial charge in [-0.1, -0.05) is 23.2 Å². The number of aromatic amines is 1. The number of benzene rings is 1. The van der Waals surface area contributed by atoms with Crippen LogP contribution in [0.1, 0.15) is 18.6 Å². The standard InChI is InChI=1S/C23H21Cl2FN6O/c1-13(21-17(24)11-28-12-18(21)25)33-15-2-3-20-16(9-15)22(31-30-20)14-8-19(26)23(29-10-14)32-6-4-27-5-7-32/h2-3,8-13,27H,4-7H2,1H3,(H,30,31)/t13-/m1/s1. The molecule has 1 atom stereocenters. The molecule has 1 aliphatic rings. The number of hydrogen-bond donors (Lipinski definition) is 2. The molecule has 1 saturated heterocycles. The summed E-state index contributed by atoms with van der Waals surface area (Å²) in [6.07, 6.45) is 4.32. The number of halogens is 3. The maximum Gasteiger partial charge on any atom is 0.166 e. The van der Waals surface area contributed by atoms with E-state index < -0.39 is 6.10 Å². The van der Waals surface area contributed by atoms with E-state index in [1.807, 2.05) is 30.0 Å². The molecule has 4 heterocycles. The molecule has 7 nitrogen and oxygen atoms in total. The minimum absolute atomic E-state index is 0.365. The molecule has 3 aromatic heterocycles. The second-order valence-electron chi connectivity index (χ2n) is 7.82. The van der Waals surface area contributed by atoms with Crippen LogP contribution in [0.25, 0.3) is 22.2 Å². The van der Waals surface area contributed by atoms with Gasteiger partial charge in [-0.3, -0.25) is 10.1 Å². The number of nitrogens with zero attached hydrogens (tertiary/aromatic N) is 4. The third-order valence-corrected chi connectivity index (χ3v) is 6.26. The Morgan fingerprint density at radius 1 is 1.09 bits per heavy atom. The monoisotopic (exact) mass is 486 g/mol. The van der Waals surface area contributed by atoms with Gasteiger partial charge in [0.1, 0.15) is 17.5 Å². The molecular weight excluding hydrogens is 466 g/mol. The third-order valence-electron chi connectivity index (χ3n) is 5.66.